The molecular weight excluding hydrogens is 142 g/mol. The zero-order valence-electron chi connectivity index (χ0n) is 6.75. The van der Waals surface area contributed by atoms with E-state index < -0.39 is 0 Å². The van der Waals surface area contributed by atoms with Gasteiger partial charge in [-0.15, -0.1) is 0 Å². The van der Waals surface area contributed by atoms with Crippen molar-refractivity contribution in [3.05, 3.63) is 0 Å². The molecule has 1 saturated carbocycles. The number of carbonyl (C=O) groups excluding carboxylic acids is 1. The van der Waals surface area contributed by atoms with Crippen LogP contribution in [0.4, 0.5) is 4.79 Å². The van der Waals surface area contributed by atoms with Crippen molar-refractivity contribution in [1.29, 1.82) is 0 Å². The molecule has 3 fully saturated rings. The van der Waals surface area contributed by atoms with E-state index in [-0.39, 0.29) is 6.09 Å². The Morgan fingerprint density at radius 3 is 2.36 bits per heavy atom. The van der Waals surface area contributed by atoms with Crippen molar-refractivity contribution >= 4 is 6.09 Å². The number of piperidine rings is 2. The average molecular weight is 155 g/mol. The number of hydrogen-bond acceptors (Lipinski definition) is 2. The normalized spacial score (nSPS) is 34.5. The maximum Gasteiger partial charge on any atom is 0.409 e. The van der Waals surface area contributed by atoms with Crippen LogP contribution >= 0.6 is 0 Å². The Morgan fingerprint density at radius 2 is 1.91 bits per heavy atom. The van der Waals surface area contributed by atoms with Crippen LogP contribution < -0.4 is 0 Å². The van der Waals surface area contributed by atoms with Crippen molar-refractivity contribution in [3.8, 4) is 0 Å². The van der Waals surface area contributed by atoms with Crippen LogP contribution in [0.3, 0.4) is 0 Å². The molecule has 0 aromatic rings. The second-order valence-electron chi connectivity index (χ2n) is 3.58. The molecule has 3 nitrogen and oxygen atoms in total. The van der Waals surface area contributed by atoms with Gasteiger partial charge in [0.1, 0.15) is 0 Å². The number of nitrogens with zero attached hydrogens (tertiary/aromatic N) is 1. The summed E-state index contributed by atoms with van der Waals surface area (Å²) in [7, 11) is 1.45. The van der Waals surface area contributed by atoms with E-state index in [1.54, 1.807) is 0 Å². The average Bonchev–Trinajstić information content (AvgIpc) is 2.02. The lowest BCUT2D eigenvalue weighted by molar-refractivity contribution is 0.0246. The second-order valence-corrected chi connectivity index (χ2v) is 3.58. The van der Waals surface area contributed by atoms with E-state index in [0.717, 1.165) is 24.9 Å². The molecule has 0 N–H and O–H groups in total. The van der Waals surface area contributed by atoms with Crippen molar-refractivity contribution in [2.24, 2.45) is 11.8 Å². The van der Waals surface area contributed by atoms with Gasteiger partial charge in [-0.1, -0.05) is 0 Å². The molecule has 3 aliphatic rings. The Morgan fingerprint density at radius 1 is 1.36 bits per heavy atom. The molecular formula is C8H13NO2. The molecule has 1 amide bonds. The fourth-order valence-corrected chi connectivity index (χ4v) is 2.15. The molecule has 0 aromatic heterocycles. The zero-order chi connectivity index (χ0) is 7.84. The number of ether oxygens (including phenoxy) is 1. The van der Waals surface area contributed by atoms with Gasteiger partial charge in [-0.25, -0.2) is 4.79 Å². The molecule has 3 rings (SSSR count). The van der Waals surface area contributed by atoms with Crippen molar-refractivity contribution < 1.29 is 9.53 Å². The molecule has 2 saturated heterocycles. The van der Waals surface area contributed by atoms with Gasteiger partial charge in [0.05, 0.1) is 7.11 Å². The molecule has 2 bridgehead atoms. The van der Waals surface area contributed by atoms with Gasteiger partial charge in [0.2, 0.25) is 0 Å². The predicted molar refractivity (Wildman–Crippen MR) is 40.2 cm³/mol. The van der Waals surface area contributed by atoms with Crippen molar-refractivity contribution in [3.63, 3.8) is 0 Å². The Labute approximate surface area is 66.3 Å². The highest BCUT2D eigenvalue weighted by atomic mass is 16.5. The summed E-state index contributed by atoms with van der Waals surface area (Å²) in [4.78, 5) is 12.9. The van der Waals surface area contributed by atoms with Crippen LogP contribution in [0, 0.1) is 11.8 Å². The largest absolute Gasteiger partial charge is 0.453 e. The lowest BCUT2D eigenvalue weighted by Crippen LogP contribution is -2.50. The summed E-state index contributed by atoms with van der Waals surface area (Å²) in [5, 5.41) is 0. The van der Waals surface area contributed by atoms with Crippen LogP contribution in [0.2, 0.25) is 0 Å². The Balaban J connectivity index is 1.92. The zero-order valence-corrected chi connectivity index (χ0v) is 6.75. The third-order valence-electron chi connectivity index (χ3n) is 2.72. The van der Waals surface area contributed by atoms with Gasteiger partial charge in [0.15, 0.2) is 0 Å². The van der Waals surface area contributed by atoms with E-state index >= 15 is 0 Å². The second kappa shape index (κ2) is 2.40. The fraction of sp³-hybridized carbons (Fsp3) is 0.875. The molecule has 0 unspecified atom stereocenters. The summed E-state index contributed by atoms with van der Waals surface area (Å²) >= 11 is 0. The number of methoxy groups -OCH3 is 1. The maximum atomic E-state index is 11.0. The molecule has 11 heavy (non-hydrogen) atoms. The Kier molecular flexibility index (Phi) is 1.51. The molecule has 62 valence electrons. The van der Waals surface area contributed by atoms with E-state index in [0.29, 0.717) is 0 Å². The quantitative estimate of drug-likeness (QED) is 0.524. The molecule has 2 heterocycles. The van der Waals surface area contributed by atoms with E-state index in [9.17, 15) is 4.79 Å². The minimum atomic E-state index is -0.153. The number of rotatable bonds is 0. The van der Waals surface area contributed by atoms with Gasteiger partial charge < -0.3 is 9.64 Å². The standard InChI is InChI=1S/C8H13NO2/c1-11-8(10)9-4-6-2-7(3-6)5-9/h6-7H,2-5H2,1H3. The highest BCUT2D eigenvalue weighted by Crippen LogP contribution is 2.39. The molecule has 3 heteroatoms. The monoisotopic (exact) mass is 155 g/mol. The van der Waals surface area contributed by atoms with E-state index in [1.807, 2.05) is 4.90 Å². The minimum absolute atomic E-state index is 0.153. The van der Waals surface area contributed by atoms with Crippen LogP contribution in [-0.4, -0.2) is 31.2 Å². The topological polar surface area (TPSA) is 29.5 Å². The number of amides is 1. The molecule has 2 aliphatic heterocycles. The Hall–Kier alpha value is -0.730. The fourth-order valence-electron chi connectivity index (χ4n) is 2.15. The highest BCUT2D eigenvalue weighted by Gasteiger charge is 2.39. The summed E-state index contributed by atoms with van der Waals surface area (Å²) in [5.41, 5.74) is 0. The molecule has 0 atom stereocenters. The first-order chi connectivity index (χ1) is 5.29. The number of hydrogen-bond donors (Lipinski definition) is 0. The molecule has 0 spiro atoms. The van der Waals surface area contributed by atoms with Crippen molar-refractivity contribution in [1.82, 2.24) is 4.90 Å². The highest BCUT2D eigenvalue weighted by molar-refractivity contribution is 5.67. The summed E-state index contributed by atoms with van der Waals surface area (Å²) in [6, 6.07) is 0. The SMILES string of the molecule is COC(=O)N1CC2CC(C2)C1. The summed E-state index contributed by atoms with van der Waals surface area (Å²) in [5.74, 6) is 1.54. The molecule has 0 aromatic carbocycles. The van der Waals surface area contributed by atoms with Crippen LogP contribution in [0.5, 0.6) is 0 Å². The summed E-state index contributed by atoms with van der Waals surface area (Å²) in [6.07, 6.45) is 2.50. The third-order valence-corrected chi connectivity index (χ3v) is 2.72. The van der Waals surface area contributed by atoms with Gasteiger partial charge in [-0.2, -0.15) is 0 Å². The smallest absolute Gasteiger partial charge is 0.409 e. The van der Waals surface area contributed by atoms with E-state index in [2.05, 4.69) is 4.74 Å². The number of carbonyl (C=O) groups is 1. The predicted octanol–water partition coefficient (Wildman–Crippen LogP) is 1.09. The van der Waals surface area contributed by atoms with Gasteiger partial charge in [0.25, 0.3) is 0 Å². The van der Waals surface area contributed by atoms with Crippen LogP contribution in [0.15, 0.2) is 0 Å². The lowest BCUT2D eigenvalue weighted by atomic mass is 9.71. The maximum absolute atomic E-state index is 11.0. The lowest BCUT2D eigenvalue weighted by Gasteiger charge is -2.46. The molecule has 1 aliphatic carbocycles. The summed E-state index contributed by atoms with van der Waals surface area (Å²) in [6.45, 7) is 1.84. The van der Waals surface area contributed by atoms with Crippen LogP contribution in [0.25, 0.3) is 0 Å². The Bertz CT molecular complexity index is 165. The van der Waals surface area contributed by atoms with E-state index in [4.69, 9.17) is 0 Å². The van der Waals surface area contributed by atoms with Crippen LogP contribution in [0.1, 0.15) is 12.8 Å². The molecule has 0 radical (unpaired) electrons. The third kappa shape index (κ3) is 1.08. The number of fused-ring (bicyclic) bond motifs is 2. The van der Waals surface area contributed by atoms with E-state index in [1.165, 1.54) is 20.0 Å². The van der Waals surface area contributed by atoms with Gasteiger partial charge >= 0.3 is 6.09 Å². The van der Waals surface area contributed by atoms with Crippen LogP contribution in [-0.2, 0) is 4.74 Å². The van der Waals surface area contributed by atoms with Gasteiger partial charge in [-0.3, -0.25) is 0 Å². The van der Waals surface area contributed by atoms with Crippen molar-refractivity contribution in [2.45, 2.75) is 12.8 Å². The van der Waals surface area contributed by atoms with Gasteiger partial charge in [0, 0.05) is 13.1 Å². The first-order valence-corrected chi connectivity index (χ1v) is 4.12. The van der Waals surface area contributed by atoms with Gasteiger partial charge in [-0.05, 0) is 24.7 Å². The first-order valence-electron chi connectivity index (χ1n) is 4.12. The summed E-state index contributed by atoms with van der Waals surface area (Å²) < 4.78 is 4.65. The van der Waals surface area contributed by atoms with Crippen molar-refractivity contribution in [2.75, 3.05) is 20.2 Å². The minimum Gasteiger partial charge on any atom is -0.453 e. The first kappa shape index (κ1) is 6.95.